The maximum Gasteiger partial charge on any atom is 0.187 e. The monoisotopic (exact) mass is 504 g/mol. The first kappa shape index (κ1) is 18.6. The molecule has 0 heterocycles. The van der Waals surface area contributed by atoms with E-state index in [1.165, 1.54) is 0 Å². The molecule has 1 unspecified atom stereocenters. The summed E-state index contributed by atoms with van der Waals surface area (Å²) in [6.45, 7) is 0. The van der Waals surface area contributed by atoms with Gasteiger partial charge < -0.3 is 9.29 Å². The van der Waals surface area contributed by atoms with Gasteiger partial charge in [0, 0.05) is 20.1 Å². The molecule has 3 nitrogen and oxygen atoms in total. The Hall–Kier alpha value is -1.73. The zero-order valence-electron chi connectivity index (χ0n) is 14.2. The van der Waals surface area contributed by atoms with Crippen molar-refractivity contribution in [2.75, 3.05) is 7.11 Å². The van der Waals surface area contributed by atoms with Crippen LogP contribution in [0.1, 0.15) is 0 Å². The Morgan fingerprint density at radius 3 is 1.93 bits per heavy atom. The standard InChI is InChI=1S/C21H14Br2O3S/c1-26-18-8-2-12-10-14(22)4-6-16(12)20(18)21-17-7-5-15(23)11-13(17)3-9-19(21)27(24)25/h2-11H,1H3,(H,24,25). The largest absolute Gasteiger partial charge is 0.496 e. The summed E-state index contributed by atoms with van der Waals surface area (Å²) in [6.07, 6.45) is 0. The Kier molecular flexibility index (Phi) is 5.07. The number of benzene rings is 4. The normalized spacial score (nSPS) is 12.4. The van der Waals surface area contributed by atoms with Crippen molar-refractivity contribution in [1.29, 1.82) is 0 Å². The summed E-state index contributed by atoms with van der Waals surface area (Å²) < 4.78 is 29.7. The third-order valence-electron chi connectivity index (χ3n) is 4.55. The highest BCUT2D eigenvalue weighted by Gasteiger charge is 2.20. The van der Waals surface area contributed by atoms with Gasteiger partial charge in [0.2, 0.25) is 0 Å². The van der Waals surface area contributed by atoms with E-state index in [1.54, 1.807) is 13.2 Å². The average molecular weight is 506 g/mol. The van der Waals surface area contributed by atoms with Crippen molar-refractivity contribution in [3.05, 3.63) is 69.6 Å². The molecule has 4 rings (SSSR count). The molecule has 4 aromatic carbocycles. The fraction of sp³-hybridized carbons (Fsp3) is 0.0476. The minimum absolute atomic E-state index is 0.360. The Bertz CT molecular complexity index is 1220. The van der Waals surface area contributed by atoms with Crippen LogP contribution < -0.4 is 4.74 Å². The molecule has 0 saturated carbocycles. The van der Waals surface area contributed by atoms with E-state index in [0.29, 0.717) is 16.2 Å². The molecule has 1 N–H and O–H groups in total. The van der Waals surface area contributed by atoms with Crippen molar-refractivity contribution in [3.8, 4) is 16.9 Å². The number of hydrogen-bond donors (Lipinski definition) is 1. The molecule has 27 heavy (non-hydrogen) atoms. The van der Waals surface area contributed by atoms with Gasteiger partial charge in [0.15, 0.2) is 11.1 Å². The second-order valence-corrected chi connectivity index (χ2v) is 8.83. The molecule has 0 aromatic heterocycles. The molecule has 0 amide bonds. The second kappa shape index (κ2) is 7.36. The molecule has 0 radical (unpaired) electrons. The van der Waals surface area contributed by atoms with Crippen LogP contribution in [0.3, 0.4) is 0 Å². The number of fused-ring (bicyclic) bond motifs is 2. The zero-order chi connectivity index (χ0) is 19.1. The summed E-state index contributed by atoms with van der Waals surface area (Å²) in [5.74, 6) is 0.659. The summed E-state index contributed by atoms with van der Waals surface area (Å²) in [4.78, 5) is 0.360. The molecule has 0 spiro atoms. The van der Waals surface area contributed by atoms with Crippen LogP contribution in [0.4, 0.5) is 0 Å². The smallest absolute Gasteiger partial charge is 0.187 e. The second-order valence-electron chi connectivity index (χ2n) is 6.06. The van der Waals surface area contributed by atoms with E-state index in [9.17, 15) is 8.76 Å². The lowest BCUT2D eigenvalue weighted by molar-refractivity contribution is 0.417. The van der Waals surface area contributed by atoms with Crippen molar-refractivity contribution in [3.63, 3.8) is 0 Å². The summed E-state index contributed by atoms with van der Waals surface area (Å²) >= 11 is 4.87. The van der Waals surface area contributed by atoms with Crippen molar-refractivity contribution < 1.29 is 13.5 Å². The Labute approximate surface area is 175 Å². The summed E-state index contributed by atoms with van der Waals surface area (Å²) in [6, 6.07) is 19.3. The first-order chi connectivity index (χ1) is 13.0. The van der Waals surface area contributed by atoms with E-state index in [4.69, 9.17) is 4.74 Å². The highest BCUT2D eigenvalue weighted by Crippen LogP contribution is 2.44. The number of ether oxygens (including phenoxy) is 1. The highest BCUT2D eigenvalue weighted by atomic mass is 79.9. The van der Waals surface area contributed by atoms with Crippen LogP contribution in [-0.2, 0) is 11.1 Å². The van der Waals surface area contributed by atoms with Gasteiger partial charge >= 0.3 is 0 Å². The number of hydrogen-bond acceptors (Lipinski definition) is 2. The fourth-order valence-corrected chi connectivity index (χ4v) is 4.72. The summed E-state index contributed by atoms with van der Waals surface area (Å²) in [7, 11) is 1.61. The molecule has 0 fully saturated rings. The zero-order valence-corrected chi connectivity index (χ0v) is 18.2. The number of methoxy groups -OCH3 is 1. The molecular formula is C21H14Br2O3S. The van der Waals surface area contributed by atoms with Crippen LogP contribution in [0.15, 0.2) is 74.5 Å². The molecule has 6 heteroatoms. The molecular weight excluding hydrogens is 492 g/mol. The van der Waals surface area contributed by atoms with Gasteiger partial charge in [-0.15, -0.1) is 0 Å². The van der Waals surface area contributed by atoms with E-state index < -0.39 is 11.1 Å². The minimum Gasteiger partial charge on any atom is -0.496 e. The first-order valence-corrected chi connectivity index (χ1v) is 10.8. The lowest BCUT2D eigenvalue weighted by Gasteiger charge is -2.17. The third kappa shape index (κ3) is 3.31. The SMILES string of the molecule is COc1ccc2cc(Br)ccc2c1-c1c(S(=O)O)ccc2cc(Br)ccc12. The van der Waals surface area contributed by atoms with Crippen LogP contribution in [0.25, 0.3) is 32.7 Å². The van der Waals surface area contributed by atoms with Gasteiger partial charge in [-0.1, -0.05) is 56.1 Å². The fourth-order valence-electron chi connectivity index (χ4n) is 3.39. The molecule has 136 valence electrons. The Balaban J connectivity index is 2.22. The predicted molar refractivity (Wildman–Crippen MR) is 118 cm³/mol. The van der Waals surface area contributed by atoms with Crippen molar-refractivity contribution in [2.24, 2.45) is 0 Å². The quantitative estimate of drug-likeness (QED) is 0.312. The molecule has 0 saturated heterocycles. The maximum absolute atomic E-state index is 12.1. The Morgan fingerprint density at radius 1 is 0.815 bits per heavy atom. The van der Waals surface area contributed by atoms with Crippen LogP contribution in [-0.4, -0.2) is 15.9 Å². The number of rotatable bonds is 3. The van der Waals surface area contributed by atoms with Gasteiger partial charge in [-0.3, -0.25) is 0 Å². The van der Waals surface area contributed by atoms with Crippen LogP contribution >= 0.6 is 31.9 Å². The summed E-state index contributed by atoms with van der Waals surface area (Å²) in [5, 5.41) is 3.85. The first-order valence-electron chi connectivity index (χ1n) is 8.09. The van der Waals surface area contributed by atoms with Crippen molar-refractivity contribution >= 4 is 64.5 Å². The highest BCUT2D eigenvalue weighted by molar-refractivity contribution is 9.10. The molecule has 0 aliphatic carbocycles. The molecule has 0 bridgehead atoms. The maximum atomic E-state index is 12.1. The van der Waals surface area contributed by atoms with Gasteiger partial charge in [-0.05, 0) is 57.9 Å². The molecule has 1 atom stereocenters. The van der Waals surface area contributed by atoms with E-state index in [2.05, 4.69) is 31.9 Å². The lowest BCUT2D eigenvalue weighted by Crippen LogP contribution is -1.97. The van der Waals surface area contributed by atoms with Gasteiger partial charge in [-0.25, -0.2) is 4.21 Å². The molecule has 0 aliphatic rings. The van der Waals surface area contributed by atoms with E-state index in [-0.39, 0.29) is 0 Å². The average Bonchev–Trinajstić information content (AvgIpc) is 2.65. The Morgan fingerprint density at radius 2 is 1.37 bits per heavy atom. The van der Waals surface area contributed by atoms with Crippen LogP contribution in [0.2, 0.25) is 0 Å². The predicted octanol–water partition coefficient (Wildman–Crippen LogP) is 6.77. The van der Waals surface area contributed by atoms with Crippen LogP contribution in [0, 0.1) is 0 Å². The van der Waals surface area contributed by atoms with Gasteiger partial charge in [-0.2, -0.15) is 0 Å². The summed E-state index contributed by atoms with van der Waals surface area (Å²) in [5.41, 5.74) is 1.53. The topological polar surface area (TPSA) is 46.5 Å². The lowest BCUT2D eigenvalue weighted by atomic mass is 9.93. The number of halogens is 2. The molecule has 4 aromatic rings. The van der Waals surface area contributed by atoms with E-state index in [1.807, 2.05) is 54.6 Å². The minimum atomic E-state index is -2.14. The van der Waals surface area contributed by atoms with Gasteiger partial charge in [0.1, 0.15) is 5.75 Å². The van der Waals surface area contributed by atoms with Gasteiger partial charge in [0.25, 0.3) is 0 Å². The van der Waals surface area contributed by atoms with E-state index >= 15 is 0 Å². The van der Waals surface area contributed by atoms with Crippen LogP contribution in [0.5, 0.6) is 5.75 Å². The van der Waals surface area contributed by atoms with Gasteiger partial charge in [0.05, 0.1) is 12.0 Å². The van der Waals surface area contributed by atoms with E-state index in [0.717, 1.165) is 36.1 Å². The third-order valence-corrected chi connectivity index (χ3v) is 6.25. The van der Waals surface area contributed by atoms with Crippen molar-refractivity contribution in [2.45, 2.75) is 4.90 Å². The van der Waals surface area contributed by atoms with Crippen molar-refractivity contribution in [1.82, 2.24) is 0 Å². The molecule has 0 aliphatic heterocycles.